The van der Waals surface area contributed by atoms with Gasteiger partial charge >= 0.3 is 0 Å². The van der Waals surface area contributed by atoms with E-state index in [1.165, 1.54) is 6.08 Å². The quantitative estimate of drug-likeness (QED) is 0.726. The van der Waals surface area contributed by atoms with E-state index in [1.807, 2.05) is 0 Å². The van der Waals surface area contributed by atoms with Gasteiger partial charge in [-0.05, 0) is 12.1 Å². The summed E-state index contributed by atoms with van der Waals surface area (Å²) in [5.41, 5.74) is 0. The zero-order chi connectivity index (χ0) is 9.73. The molecule has 1 rings (SSSR count). The Labute approximate surface area is 82.8 Å². The Kier molecular flexibility index (Phi) is 3.51. The van der Waals surface area contributed by atoms with Crippen molar-refractivity contribution in [1.82, 2.24) is 0 Å². The third-order valence-corrected chi connectivity index (χ3v) is 3.09. The summed E-state index contributed by atoms with van der Waals surface area (Å²) in [5.74, 6) is 0.200. The van der Waals surface area contributed by atoms with Gasteiger partial charge in [0.1, 0.15) is 0 Å². The predicted molar refractivity (Wildman–Crippen MR) is 53.5 cm³/mol. The molecule has 0 radical (unpaired) electrons. The number of sulfone groups is 1. The van der Waals surface area contributed by atoms with Crippen molar-refractivity contribution in [3.63, 3.8) is 0 Å². The van der Waals surface area contributed by atoms with E-state index in [1.54, 1.807) is 30.3 Å². The third kappa shape index (κ3) is 2.86. The van der Waals surface area contributed by atoms with Gasteiger partial charge in [0.15, 0.2) is 9.84 Å². The van der Waals surface area contributed by atoms with Crippen LogP contribution >= 0.6 is 11.6 Å². The summed E-state index contributed by atoms with van der Waals surface area (Å²) in [6.45, 7) is 0. The summed E-state index contributed by atoms with van der Waals surface area (Å²) < 4.78 is 22.9. The Bertz CT molecular complexity index is 381. The van der Waals surface area contributed by atoms with Gasteiger partial charge in [-0.2, -0.15) is 0 Å². The van der Waals surface area contributed by atoms with Crippen LogP contribution in [0.5, 0.6) is 0 Å². The van der Waals surface area contributed by atoms with Gasteiger partial charge in [-0.3, -0.25) is 0 Å². The Morgan fingerprint density at radius 2 is 1.85 bits per heavy atom. The molecule has 70 valence electrons. The van der Waals surface area contributed by atoms with Gasteiger partial charge in [-0.25, -0.2) is 8.42 Å². The molecule has 0 unspecified atom stereocenters. The fourth-order valence-electron chi connectivity index (χ4n) is 0.852. The fourth-order valence-corrected chi connectivity index (χ4v) is 2.09. The van der Waals surface area contributed by atoms with E-state index in [9.17, 15) is 8.42 Å². The van der Waals surface area contributed by atoms with Gasteiger partial charge in [0.2, 0.25) is 0 Å². The summed E-state index contributed by atoms with van der Waals surface area (Å²) in [7, 11) is -3.29. The van der Waals surface area contributed by atoms with E-state index in [-0.39, 0.29) is 10.8 Å². The largest absolute Gasteiger partial charge is 0.219 e. The highest BCUT2D eigenvalue weighted by molar-refractivity contribution is 7.94. The lowest BCUT2D eigenvalue weighted by Crippen LogP contribution is -1.95. The molecule has 0 bridgehead atoms. The third-order valence-electron chi connectivity index (χ3n) is 1.44. The molecule has 13 heavy (non-hydrogen) atoms. The van der Waals surface area contributed by atoms with Gasteiger partial charge in [0.25, 0.3) is 0 Å². The van der Waals surface area contributed by atoms with Crippen LogP contribution < -0.4 is 0 Å². The van der Waals surface area contributed by atoms with Crippen LogP contribution in [-0.2, 0) is 9.84 Å². The normalized spacial score (nSPS) is 12.1. The first-order valence-electron chi connectivity index (χ1n) is 3.69. The van der Waals surface area contributed by atoms with Crippen molar-refractivity contribution in [1.29, 1.82) is 0 Å². The first-order chi connectivity index (χ1) is 6.17. The fraction of sp³-hybridized carbons (Fsp3) is 0.111. The summed E-state index contributed by atoms with van der Waals surface area (Å²) >= 11 is 5.34. The number of allylic oxidation sites excluding steroid dienone is 1. The molecule has 0 fully saturated rings. The smallest absolute Gasteiger partial charge is 0.199 e. The van der Waals surface area contributed by atoms with E-state index in [2.05, 4.69) is 0 Å². The molecule has 0 amide bonds. The Morgan fingerprint density at radius 1 is 1.23 bits per heavy atom. The molecule has 2 nitrogen and oxygen atoms in total. The second kappa shape index (κ2) is 4.44. The van der Waals surface area contributed by atoms with Crippen molar-refractivity contribution in [2.24, 2.45) is 0 Å². The molecule has 1 aromatic rings. The molecular formula is C9H9ClO2S. The molecule has 0 aliphatic heterocycles. The molecular weight excluding hydrogens is 208 g/mol. The summed E-state index contributed by atoms with van der Waals surface area (Å²) in [4.78, 5) is 0.288. The van der Waals surface area contributed by atoms with Crippen LogP contribution in [0.15, 0.2) is 46.7 Å². The van der Waals surface area contributed by atoms with Gasteiger partial charge in [-0.15, -0.1) is 11.6 Å². The maximum atomic E-state index is 11.4. The van der Waals surface area contributed by atoms with Crippen LogP contribution in [0.1, 0.15) is 0 Å². The van der Waals surface area contributed by atoms with Crippen LogP contribution in [0, 0.1) is 0 Å². The number of alkyl halides is 1. The van der Waals surface area contributed by atoms with Gasteiger partial charge in [-0.1, -0.05) is 24.3 Å². The van der Waals surface area contributed by atoms with Crippen molar-refractivity contribution in [2.45, 2.75) is 4.90 Å². The Balaban J connectivity index is 3.02. The minimum absolute atomic E-state index is 0.200. The molecule has 0 saturated heterocycles. The molecule has 4 heteroatoms. The predicted octanol–water partition coefficient (Wildman–Crippen LogP) is 2.21. The number of rotatable bonds is 3. The first-order valence-corrected chi connectivity index (χ1v) is 5.77. The zero-order valence-corrected chi connectivity index (χ0v) is 8.42. The molecule has 0 aliphatic carbocycles. The number of halogens is 1. The average molecular weight is 217 g/mol. The van der Waals surface area contributed by atoms with E-state index in [0.717, 1.165) is 5.41 Å². The lowest BCUT2D eigenvalue weighted by atomic mass is 10.4. The van der Waals surface area contributed by atoms with Gasteiger partial charge < -0.3 is 0 Å². The maximum absolute atomic E-state index is 11.4. The minimum atomic E-state index is -3.29. The van der Waals surface area contributed by atoms with E-state index < -0.39 is 9.84 Å². The molecule has 0 heterocycles. The summed E-state index contributed by atoms with van der Waals surface area (Å²) in [6, 6.07) is 8.23. The van der Waals surface area contributed by atoms with Crippen LogP contribution in [-0.4, -0.2) is 14.3 Å². The average Bonchev–Trinajstić information content (AvgIpc) is 2.16. The molecule has 0 atom stereocenters. The topological polar surface area (TPSA) is 34.1 Å². The van der Waals surface area contributed by atoms with Crippen molar-refractivity contribution in [3.05, 3.63) is 41.8 Å². The molecule has 0 N–H and O–H groups in total. The SMILES string of the molecule is O=S(=O)(/C=C/CCl)c1ccccc1. The lowest BCUT2D eigenvalue weighted by molar-refractivity contribution is 0.604. The van der Waals surface area contributed by atoms with Crippen molar-refractivity contribution >= 4 is 21.4 Å². The van der Waals surface area contributed by atoms with Crippen LogP contribution in [0.3, 0.4) is 0 Å². The second-order valence-corrected chi connectivity index (χ2v) is 4.53. The summed E-state index contributed by atoms with van der Waals surface area (Å²) in [5, 5.41) is 1.12. The highest BCUT2D eigenvalue weighted by Gasteiger charge is 2.07. The van der Waals surface area contributed by atoms with Crippen LogP contribution in [0.25, 0.3) is 0 Å². The summed E-state index contributed by atoms with van der Waals surface area (Å²) in [6.07, 6.45) is 1.41. The maximum Gasteiger partial charge on any atom is 0.199 e. The van der Waals surface area contributed by atoms with Crippen molar-refractivity contribution in [3.8, 4) is 0 Å². The molecule has 0 spiro atoms. The van der Waals surface area contributed by atoms with Crippen molar-refractivity contribution < 1.29 is 8.42 Å². The van der Waals surface area contributed by atoms with E-state index in [0.29, 0.717) is 0 Å². The number of hydrogen-bond acceptors (Lipinski definition) is 2. The highest BCUT2D eigenvalue weighted by Crippen LogP contribution is 2.10. The van der Waals surface area contributed by atoms with Gasteiger partial charge in [0, 0.05) is 11.3 Å². The first kappa shape index (κ1) is 10.3. The van der Waals surface area contributed by atoms with E-state index in [4.69, 9.17) is 11.6 Å². The molecule has 0 aromatic heterocycles. The van der Waals surface area contributed by atoms with Crippen LogP contribution in [0.4, 0.5) is 0 Å². The Hall–Kier alpha value is -0.800. The molecule has 1 aromatic carbocycles. The van der Waals surface area contributed by atoms with Crippen molar-refractivity contribution in [2.75, 3.05) is 5.88 Å². The minimum Gasteiger partial charge on any atom is -0.219 e. The zero-order valence-electron chi connectivity index (χ0n) is 6.85. The molecule has 0 saturated carbocycles. The van der Waals surface area contributed by atoms with E-state index >= 15 is 0 Å². The molecule has 0 aliphatic rings. The standard InChI is InChI=1S/C9H9ClO2S/c10-7-4-8-13(11,12)9-5-2-1-3-6-9/h1-6,8H,7H2/b8-4+. The van der Waals surface area contributed by atoms with Crippen LogP contribution in [0.2, 0.25) is 0 Å². The second-order valence-electron chi connectivity index (χ2n) is 2.38. The number of hydrogen-bond donors (Lipinski definition) is 0. The Morgan fingerprint density at radius 3 is 2.38 bits per heavy atom. The van der Waals surface area contributed by atoms with Gasteiger partial charge in [0.05, 0.1) is 4.90 Å². The monoisotopic (exact) mass is 216 g/mol. The number of benzene rings is 1. The lowest BCUT2D eigenvalue weighted by Gasteiger charge is -1.96. The highest BCUT2D eigenvalue weighted by atomic mass is 35.5.